The van der Waals surface area contributed by atoms with Crippen LogP contribution in [0.25, 0.3) is 0 Å². The molecule has 7 nitrogen and oxygen atoms in total. The molecule has 2 heterocycles. The summed E-state index contributed by atoms with van der Waals surface area (Å²) in [5.41, 5.74) is 4.81. The fourth-order valence-corrected chi connectivity index (χ4v) is 3.25. The van der Waals surface area contributed by atoms with Gasteiger partial charge in [-0.3, -0.25) is 5.43 Å². The standard InChI is InChI=1S/C16H18N4O3S/c1-11-14(24-16(18-11)20-6-8-23-9-7-20)10-17-19-13-4-2-12(3-5-13)15(21)22/h2-5,10,19H,6-9H2,1H3,(H,21,22)/b17-10-. The van der Waals surface area contributed by atoms with Crippen molar-refractivity contribution in [1.82, 2.24) is 4.98 Å². The van der Waals surface area contributed by atoms with Crippen molar-refractivity contribution in [1.29, 1.82) is 0 Å². The normalized spacial score (nSPS) is 15.0. The highest BCUT2D eigenvalue weighted by Gasteiger charge is 2.16. The van der Waals surface area contributed by atoms with Crippen LogP contribution in [0.3, 0.4) is 0 Å². The number of ether oxygens (including phenoxy) is 1. The lowest BCUT2D eigenvalue weighted by Crippen LogP contribution is -2.36. The van der Waals surface area contributed by atoms with Gasteiger partial charge in [0.1, 0.15) is 0 Å². The Labute approximate surface area is 143 Å². The molecule has 8 heteroatoms. The number of nitrogens with zero attached hydrogens (tertiary/aromatic N) is 3. The third-order valence-electron chi connectivity index (χ3n) is 3.61. The number of carboxylic acids is 1. The summed E-state index contributed by atoms with van der Waals surface area (Å²) < 4.78 is 5.36. The maximum absolute atomic E-state index is 10.8. The van der Waals surface area contributed by atoms with Crippen LogP contribution in [0.4, 0.5) is 10.8 Å². The second-order valence-corrected chi connectivity index (χ2v) is 6.31. The van der Waals surface area contributed by atoms with E-state index in [1.165, 1.54) is 12.1 Å². The van der Waals surface area contributed by atoms with Gasteiger partial charge in [-0.1, -0.05) is 11.3 Å². The number of hydrazone groups is 1. The van der Waals surface area contributed by atoms with Crippen molar-refractivity contribution >= 4 is 34.3 Å². The lowest BCUT2D eigenvalue weighted by atomic mass is 10.2. The Morgan fingerprint density at radius 2 is 2.08 bits per heavy atom. The molecular weight excluding hydrogens is 328 g/mol. The number of nitrogens with one attached hydrogen (secondary N) is 1. The van der Waals surface area contributed by atoms with E-state index in [1.807, 2.05) is 6.92 Å². The first-order valence-corrected chi connectivity index (χ1v) is 8.37. The quantitative estimate of drug-likeness (QED) is 0.639. The number of morpholine rings is 1. The molecule has 126 valence electrons. The average molecular weight is 346 g/mol. The first-order chi connectivity index (χ1) is 11.6. The van der Waals surface area contributed by atoms with Gasteiger partial charge in [-0.25, -0.2) is 9.78 Å². The van der Waals surface area contributed by atoms with Crippen molar-refractivity contribution in [3.05, 3.63) is 40.4 Å². The Kier molecular flexibility index (Phi) is 5.07. The smallest absolute Gasteiger partial charge is 0.335 e. The number of carboxylic acid groups (broad SMARTS) is 1. The molecule has 24 heavy (non-hydrogen) atoms. The molecule has 1 saturated heterocycles. The molecule has 0 spiro atoms. The molecule has 0 unspecified atom stereocenters. The van der Waals surface area contributed by atoms with Crippen molar-refractivity contribution in [3.63, 3.8) is 0 Å². The number of aromatic carboxylic acids is 1. The fourth-order valence-electron chi connectivity index (χ4n) is 2.26. The minimum atomic E-state index is -0.944. The van der Waals surface area contributed by atoms with E-state index in [0.29, 0.717) is 0 Å². The summed E-state index contributed by atoms with van der Waals surface area (Å²) in [7, 11) is 0. The number of hydrogen-bond acceptors (Lipinski definition) is 7. The molecule has 0 saturated carbocycles. The number of carbonyl (C=O) groups is 1. The van der Waals surface area contributed by atoms with E-state index in [0.717, 1.165) is 47.7 Å². The summed E-state index contributed by atoms with van der Waals surface area (Å²) in [6.07, 6.45) is 1.74. The maximum atomic E-state index is 10.8. The van der Waals surface area contributed by atoms with Crippen molar-refractivity contribution in [2.24, 2.45) is 5.10 Å². The Hall–Kier alpha value is -2.45. The first kappa shape index (κ1) is 16.4. The number of hydrogen-bond donors (Lipinski definition) is 2. The largest absolute Gasteiger partial charge is 0.478 e. The number of rotatable bonds is 5. The van der Waals surface area contributed by atoms with Gasteiger partial charge in [-0.05, 0) is 31.2 Å². The van der Waals surface area contributed by atoms with Gasteiger partial charge in [0.2, 0.25) is 0 Å². The summed E-state index contributed by atoms with van der Waals surface area (Å²) in [6.45, 7) is 5.14. The first-order valence-electron chi connectivity index (χ1n) is 7.56. The number of aromatic nitrogens is 1. The van der Waals surface area contributed by atoms with Crippen molar-refractivity contribution in [3.8, 4) is 0 Å². The van der Waals surface area contributed by atoms with Crippen LogP contribution in [-0.2, 0) is 4.74 Å². The van der Waals surface area contributed by atoms with Crippen molar-refractivity contribution in [2.75, 3.05) is 36.6 Å². The zero-order chi connectivity index (χ0) is 16.9. The Morgan fingerprint density at radius 1 is 1.38 bits per heavy atom. The van der Waals surface area contributed by atoms with Crippen LogP contribution >= 0.6 is 11.3 Å². The van der Waals surface area contributed by atoms with Gasteiger partial charge < -0.3 is 14.7 Å². The SMILES string of the molecule is Cc1nc(N2CCOCC2)sc1/C=N\Nc1ccc(C(=O)O)cc1. The molecule has 1 fully saturated rings. The van der Waals surface area contributed by atoms with Crippen LogP contribution in [0, 0.1) is 6.92 Å². The molecular formula is C16H18N4O3S. The summed E-state index contributed by atoms with van der Waals surface area (Å²) in [6, 6.07) is 6.43. The van der Waals surface area contributed by atoms with Gasteiger partial charge in [-0.2, -0.15) is 5.10 Å². The predicted molar refractivity (Wildman–Crippen MR) is 94.5 cm³/mol. The van der Waals surface area contributed by atoms with Gasteiger partial charge in [0.25, 0.3) is 0 Å². The molecule has 0 radical (unpaired) electrons. The van der Waals surface area contributed by atoms with Gasteiger partial charge >= 0.3 is 5.97 Å². The second-order valence-electron chi connectivity index (χ2n) is 5.30. The molecule has 0 aliphatic carbocycles. The van der Waals surface area contributed by atoms with Gasteiger partial charge in [-0.15, -0.1) is 0 Å². The summed E-state index contributed by atoms with van der Waals surface area (Å²) in [5.74, 6) is -0.944. The van der Waals surface area contributed by atoms with Crippen LogP contribution < -0.4 is 10.3 Å². The van der Waals surface area contributed by atoms with Crippen LogP contribution in [0.5, 0.6) is 0 Å². The summed E-state index contributed by atoms with van der Waals surface area (Å²) in [4.78, 5) is 18.6. The van der Waals surface area contributed by atoms with Gasteiger partial charge in [0.15, 0.2) is 5.13 Å². The van der Waals surface area contributed by atoms with E-state index in [1.54, 1.807) is 29.7 Å². The van der Waals surface area contributed by atoms with Crippen LogP contribution in [0.1, 0.15) is 20.9 Å². The Bertz CT molecular complexity index is 736. The summed E-state index contributed by atoms with van der Waals surface area (Å²) in [5, 5.41) is 14.1. The zero-order valence-electron chi connectivity index (χ0n) is 13.2. The monoisotopic (exact) mass is 346 g/mol. The Morgan fingerprint density at radius 3 is 2.75 bits per heavy atom. The molecule has 1 aromatic carbocycles. The molecule has 1 aliphatic heterocycles. The second kappa shape index (κ2) is 7.41. The lowest BCUT2D eigenvalue weighted by molar-refractivity contribution is 0.0697. The maximum Gasteiger partial charge on any atom is 0.335 e. The lowest BCUT2D eigenvalue weighted by Gasteiger charge is -2.25. The number of aryl methyl sites for hydroxylation is 1. The topological polar surface area (TPSA) is 87.0 Å². The van der Waals surface area contributed by atoms with Crippen LogP contribution in [-0.4, -0.2) is 48.6 Å². The summed E-state index contributed by atoms with van der Waals surface area (Å²) >= 11 is 1.60. The third kappa shape index (κ3) is 3.90. The highest BCUT2D eigenvalue weighted by atomic mass is 32.1. The minimum Gasteiger partial charge on any atom is -0.478 e. The van der Waals surface area contributed by atoms with E-state index < -0.39 is 5.97 Å². The van der Waals surface area contributed by atoms with Gasteiger partial charge in [0, 0.05) is 13.1 Å². The van der Waals surface area contributed by atoms with Crippen molar-refractivity contribution < 1.29 is 14.6 Å². The molecule has 1 aromatic heterocycles. The van der Waals surface area contributed by atoms with E-state index in [-0.39, 0.29) is 5.56 Å². The predicted octanol–water partition coefficient (Wildman–Crippen LogP) is 2.43. The molecule has 2 N–H and O–H groups in total. The molecule has 3 rings (SSSR count). The van der Waals surface area contributed by atoms with Gasteiger partial charge in [0.05, 0.1) is 41.3 Å². The number of anilines is 2. The van der Waals surface area contributed by atoms with Crippen molar-refractivity contribution in [2.45, 2.75) is 6.92 Å². The van der Waals surface area contributed by atoms with Crippen LogP contribution in [0.2, 0.25) is 0 Å². The van der Waals surface area contributed by atoms with E-state index in [4.69, 9.17) is 9.84 Å². The molecule has 0 amide bonds. The molecule has 0 atom stereocenters. The number of benzene rings is 1. The fraction of sp³-hybridized carbons (Fsp3) is 0.312. The number of thiazole rings is 1. The molecule has 1 aliphatic rings. The van der Waals surface area contributed by atoms with E-state index >= 15 is 0 Å². The average Bonchev–Trinajstić information content (AvgIpc) is 2.97. The highest BCUT2D eigenvalue weighted by molar-refractivity contribution is 7.17. The zero-order valence-corrected chi connectivity index (χ0v) is 14.0. The van der Waals surface area contributed by atoms with E-state index in [9.17, 15) is 4.79 Å². The van der Waals surface area contributed by atoms with E-state index in [2.05, 4.69) is 20.4 Å². The Balaban J connectivity index is 1.63. The van der Waals surface area contributed by atoms with Crippen LogP contribution in [0.15, 0.2) is 29.4 Å². The molecule has 0 bridgehead atoms. The third-order valence-corrected chi connectivity index (χ3v) is 4.76. The minimum absolute atomic E-state index is 0.248. The molecule has 2 aromatic rings. The highest BCUT2D eigenvalue weighted by Crippen LogP contribution is 2.25.